The van der Waals surface area contributed by atoms with E-state index in [4.69, 9.17) is 66.8 Å². The Bertz CT molecular complexity index is 2380. The molecule has 0 radical (unpaired) electrons. The van der Waals surface area contributed by atoms with Crippen molar-refractivity contribution in [3.05, 3.63) is 117 Å². The molecular formula is C28H24Cl4O28P8Pt3. The molecule has 0 aliphatic rings. The van der Waals surface area contributed by atoms with E-state index in [9.17, 15) is 95.2 Å². The first-order valence-electron chi connectivity index (χ1n) is 16.4. The zero-order valence-corrected chi connectivity index (χ0v) is 50.2. The second-order valence-electron chi connectivity index (χ2n) is 11.8. The van der Waals surface area contributed by atoms with E-state index in [1.54, 1.807) is 0 Å². The van der Waals surface area contributed by atoms with Crippen molar-refractivity contribution in [3.63, 3.8) is 0 Å². The smallest absolute Gasteiger partial charge is 0.809 e. The van der Waals surface area contributed by atoms with Crippen molar-refractivity contribution in [1.82, 2.24) is 0 Å². The van der Waals surface area contributed by atoms with Gasteiger partial charge in [0.05, 0.1) is 20.1 Å². The number of hydrogen-bond donors (Lipinski definition) is 4. The third-order valence-electron chi connectivity index (χ3n) is 6.51. The van der Waals surface area contributed by atoms with Crippen molar-refractivity contribution in [2.75, 3.05) is 0 Å². The summed E-state index contributed by atoms with van der Waals surface area (Å²) in [6.45, 7) is 0. The average molecular weight is 1780 g/mol. The molecule has 4 aromatic rings. The predicted octanol–water partition coefficient (Wildman–Crippen LogP) is -2.16. The largest absolute Gasteiger partial charge is 4.00 e. The van der Waals surface area contributed by atoms with Gasteiger partial charge in [-0.1, -0.05) is 94.9 Å². The van der Waals surface area contributed by atoms with Gasteiger partial charge < -0.3 is 116 Å². The molecule has 4 aromatic carbocycles. The fourth-order valence-electron chi connectivity index (χ4n) is 3.50. The fourth-order valence-corrected chi connectivity index (χ4v) is 12.6. The summed E-state index contributed by atoms with van der Waals surface area (Å²) in [7, 11) is -44.2. The number of rotatable bonds is 16. The zero-order valence-electron chi connectivity index (χ0n) is 33.2. The molecule has 0 saturated carbocycles. The maximum absolute atomic E-state index is 11.2. The molecule has 402 valence electrons. The monoisotopic (exact) mass is 1780 g/mol. The van der Waals surface area contributed by atoms with Crippen LogP contribution in [0.25, 0.3) is 0 Å². The molecule has 0 spiro atoms. The summed E-state index contributed by atoms with van der Waals surface area (Å²) >= 11 is 22.2. The second-order valence-corrected chi connectivity index (χ2v) is 28.3. The first-order chi connectivity index (χ1) is 30.6. The zero-order chi connectivity index (χ0) is 53.1. The minimum Gasteiger partial charge on any atom is -0.809 e. The van der Waals surface area contributed by atoms with E-state index in [-0.39, 0.29) is 106 Å². The van der Waals surface area contributed by atoms with Crippen LogP contribution in [0.3, 0.4) is 0 Å². The number of aliphatic hydroxyl groups is 4. The molecule has 0 amide bonds. The van der Waals surface area contributed by atoms with Crippen LogP contribution in [-0.2, 0) is 99.7 Å². The van der Waals surface area contributed by atoms with Crippen LogP contribution in [0.4, 0.5) is 0 Å². The van der Waals surface area contributed by atoms with Crippen molar-refractivity contribution in [1.29, 1.82) is 0 Å². The Morgan fingerprint density at radius 2 is 0.437 bits per heavy atom. The van der Waals surface area contributed by atoms with Crippen molar-refractivity contribution in [2.24, 2.45) is 0 Å². The van der Waals surface area contributed by atoms with Crippen molar-refractivity contribution < 1.29 is 197 Å². The quantitative estimate of drug-likeness (QED) is 0.0868. The standard InChI is InChI=1S/4C7H9ClO7P2.3Pt/c4*8-5-3-1-2-4-6(5)15-17(13,14)7(9)16(10,11)12;;;/h4*1-4,7,9H,(H,13,14)(H2,10,11,12);;;/q;;;;3*+4/p-12. The summed E-state index contributed by atoms with van der Waals surface area (Å²) in [6.07, 6.45) is 0. The van der Waals surface area contributed by atoms with Gasteiger partial charge in [-0.2, -0.15) is 0 Å². The van der Waals surface area contributed by atoms with Crippen LogP contribution in [0.2, 0.25) is 20.1 Å². The summed E-state index contributed by atoms with van der Waals surface area (Å²) in [6, 6.07) is 21.1. The summed E-state index contributed by atoms with van der Waals surface area (Å²) in [4.78, 5) is 128. The molecule has 28 nitrogen and oxygen atoms in total. The molecule has 0 aromatic heterocycles. The van der Waals surface area contributed by atoms with Gasteiger partial charge in [-0.3, -0.25) is 18.3 Å². The van der Waals surface area contributed by atoms with Gasteiger partial charge in [0.25, 0.3) is 0 Å². The van der Waals surface area contributed by atoms with Gasteiger partial charge in [-0.15, -0.1) is 0 Å². The van der Waals surface area contributed by atoms with E-state index in [0.29, 0.717) is 0 Å². The van der Waals surface area contributed by atoms with Crippen molar-refractivity contribution in [2.45, 2.75) is 22.3 Å². The van der Waals surface area contributed by atoms with Crippen molar-refractivity contribution >= 4 is 107 Å². The average Bonchev–Trinajstić information content (AvgIpc) is 3.19. The van der Waals surface area contributed by atoms with E-state index in [1.165, 1.54) is 72.8 Å². The minimum absolute atomic E-state index is 0. The van der Waals surface area contributed by atoms with Gasteiger partial charge in [0.15, 0.2) is 22.3 Å². The molecule has 4 N–H and O–H groups in total. The summed E-state index contributed by atoms with van der Waals surface area (Å²) in [5.41, 5.74) is -12.6. The molecule has 0 saturated heterocycles. The molecule has 43 heteroatoms. The van der Waals surface area contributed by atoms with Crippen LogP contribution < -0.4 is 76.8 Å². The van der Waals surface area contributed by atoms with Crippen LogP contribution in [0.5, 0.6) is 23.0 Å². The van der Waals surface area contributed by atoms with Gasteiger partial charge in [0.2, 0.25) is 30.4 Å². The van der Waals surface area contributed by atoms with E-state index in [2.05, 4.69) is 18.1 Å². The van der Waals surface area contributed by atoms with Crippen molar-refractivity contribution in [3.8, 4) is 23.0 Å². The number of aliphatic hydroxyl groups excluding tert-OH is 4. The molecule has 4 rings (SSSR count). The maximum Gasteiger partial charge on any atom is 4.00 e. The topological polar surface area (TPSA) is 531 Å². The fraction of sp³-hybridized carbons (Fsp3) is 0.143. The van der Waals surface area contributed by atoms with Crippen LogP contribution in [0.1, 0.15) is 0 Å². The van der Waals surface area contributed by atoms with Crippen LogP contribution in [-0.4, -0.2) is 42.8 Å². The predicted molar refractivity (Wildman–Crippen MR) is 213 cm³/mol. The Hall–Kier alpha value is 0.505. The normalized spacial score (nSPS) is 16.5. The number of halogens is 4. The van der Waals surface area contributed by atoms with E-state index in [0.717, 1.165) is 24.3 Å². The molecule has 0 heterocycles. The molecule has 8 unspecified atom stereocenters. The third kappa shape index (κ3) is 26.1. The molecule has 0 aliphatic carbocycles. The van der Waals surface area contributed by atoms with E-state index >= 15 is 0 Å². The Morgan fingerprint density at radius 3 is 0.549 bits per heavy atom. The minimum atomic E-state index is -5.72. The Balaban J connectivity index is -0.000000856. The number of para-hydroxylation sites is 4. The first-order valence-corrected chi connectivity index (χ1v) is 30.8. The Kier molecular flexibility index (Phi) is 33.3. The van der Waals surface area contributed by atoms with Gasteiger partial charge in [-0.25, -0.2) is 0 Å². The van der Waals surface area contributed by atoms with Crippen LogP contribution in [0.15, 0.2) is 97.1 Å². The molecule has 0 fully saturated rings. The summed E-state index contributed by atoms with van der Waals surface area (Å²) in [5.74, 6) is -1.50. The van der Waals surface area contributed by atoms with Crippen LogP contribution in [0, 0.1) is 0 Å². The van der Waals surface area contributed by atoms with E-state index in [1.807, 2.05) is 0 Å². The molecular weight excluding hydrogens is 1760 g/mol. The molecule has 0 bridgehead atoms. The van der Waals surface area contributed by atoms with Crippen LogP contribution >= 0.6 is 107 Å². The number of benzene rings is 4. The Morgan fingerprint density at radius 1 is 0.310 bits per heavy atom. The molecule has 0 aliphatic heterocycles. The van der Waals surface area contributed by atoms with Gasteiger partial charge >= 0.3 is 63.2 Å². The Labute approximate surface area is 462 Å². The van der Waals surface area contributed by atoms with Gasteiger partial charge in [0, 0.05) is 0 Å². The summed E-state index contributed by atoms with van der Waals surface area (Å²) < 4.78 is 104. The first kappa shape index (κ1) is 75.7. The SMILES string of the molecule is O=P([O-])([O-])C(O)P(=O)([O-])Oc1ccccc1Cl.O=P([O-])([O-])C(O)P(=O)([O-])Oc1ccccc1Cl.O=P([O-])([O-])C(O)P(=O)([O-])Oc1ccccc1Cl.O=P([O-])([O-])C(O)P(=O)([O-])Oc1ccccc1Cl.[Pt+4].[Pt+4].[Pt+4]. The number of hydrogen-bond acceptors (Lipinski definition) is 28. The second kappa shape index (κ2) is 31.2. The molecule has 8 atom stereocenters. The molecule has 71 heavy (non-hydrogen) atoms. The maximum atomic E-state index is 11.2. The summed E-state index contributed by atoms with van der Waals surface area (Å²) in [5, 5.41) is 34.9. The third-order valence-corrected chi connectivity index (χ3v) is 20.9. The van der Waals surface area contributed by atoms with Gasteiger partial charge in [-0.05, 0) is 78.9 Å². The van der Waals surface area contributed by atoms with Gasteiger partial charge in [0.1, 0.15) is 23.0 Å². The van der Waals surface area contributed by atoms with E-state index < -0.39 is 83.1 Å².